The summed E-state index contributed by atoms with van der Waals surface area (Å²) in [7, 11) is 1.92. The molecule has 1 aromatic carbocycles. The number of nitrogens with one attached hydrogen (secondary N) is 1. The summed E-state index contributed by atoms with van der Waals surface area (Å²) in [5, 5.41) is 3.10. The quantitative estimate of drug-likeness (QED) is 0.878. The Bertz CT molecular complexity index is 642. The van der Waals surface area contributed by atoms with Crippen LogP contribution in [0.3, 0.4) is 0 Å². The largest absolute Gasteiger partial charge is 0.364 e. The fourth-order valence-electron chi connectivity index (χ4n) is 1.94. The number of anilines is 3. The highest BCUT2D eigenvalue weighted by Gasteiger charge is 2.17. The molecule has 110 valence electrons. The molecule has 6 heteroatoms. The van der Waals surface area contributed by atoms with Gasteiger partial charge in [0.05, 0.1) is 5.69 Å². The maximum atomic E-state index is 11.6. The summed E-state index contributed by atoms with van der Waals surface area (Å²) in [4.78, 5) is 22.4. The molecule has 0 spiro atoms. The fraction of sp³-hybridized carbons (Fsp3) is 0.267. The van der Waals surface area contributed by atoms with E-state index in [1.54, 1.807) is 0 Å². The molecule has 2 rings (SSSR count). The minimum absolute atomic E-state index is 0.143. The molecular formula is C15H19N5O. The molecule has 3 N–H and O–H groups in total. The van der Waals surface area contributed by atoms with Gasteiger partial charge in [-0.3, -0.25) is 4.79 Å². The lowest BCUT2D eigenvalue weighted by molar-refractivity contribution is 0.0996. The number of benzene rings is 1. The third kappa shape index (κ3) is 3.28. The van der Waals surface area contributed by atoms with Crippen LogP contribution in [-0.4, -0.2) is 29.5 Å². The summed E-state index contributed by atoms with van der Waals surface area (Å²) in [5.41, 5.74) is 7.04. The predicted octanol–water partition coefficient (Wildman–Crippen LogP) is 2.08. The van der Waals surface area contributed by atoms with Gasteiger partial charge < -0.3 is 16.0 Å². The fourth-order valence-corrected chi connectivity index (χ4v) is 1.94. The van der Waals surface area contributed by atoms with Crippen molar-refractivity contribution in [3.05, 3.63) is 41.7 Å². The molecule has 21 heavy (non-hydrogen) atoms. The first kappa shape index (κ1) is 14.8. The van der Waals surface area contributed by atoms with Crippen molar-refractivity contribution in [2.75, 3.05) is 23.8 Å². The Morgan fingerprint density at radius 1 is 1.29 bits per heavy atom. The first-order valence-electron chi connectivity index (χ1n) is 6.74. The number of primary amides is 1. The summed E-state index contributed by atoms with van der Waals surface area (Å²) in [6, 6.07) is 9.47. The van der Waals surface area contributed by atoms with E-state index >= 15 is 0 Å². The number of hydrogen-bond acceptors (Lipinski definition) is 5. The molecule has 0 saturated heterocycles. The third-order valence-corrected chi connectivity index (χ3v) is 3.15. The molecule has 1 heterocycles. The van der Waals surface area contributed by atoms with Gasteiger partial charge in [-0.25, -0.2) is 9.97 Å². The van der Waals surface area contributed by atoms with Crippen LogP contribution in [0.4, 0.5) is 17.3 Å². The third-order valence-electron chi connectivity index (χ3n) is 3.15. The molecule has 0 aliphatic heterocycles. The van der Waals surface area contributed by atoms with Crippen LogP contribution in [0.15, 0.2) is 30.3 Å². The Kier molecular flexibility index (Phi) is 4.37. The highest BCUT2D eigenvalue weighted by atomic mass is 16.1. The highest BCUT2D eigenvalue weighted by molar-refractivity contribution is 5.96. The number of carbonyl (C=O) groups is 1. The van der Waals surface area contributed by atoms with Gasteiger partial charge in [0, 0.05) is 19.3 Å². The smallest absolute Gasteiger partial charge is 0.271 e. The van der Waals surface area contributed by atoms with Crippen molar-refractivity contribution < 1.29 is 4.79 Å². The Morgan fingerprint density at radius 2 is 1.95 bits per heavy atom. The van der Waals surface area contributed by atoms with E-state index in [2.05, 4.69) is 15.3 Å². The number of carbonyl (C=O) groups excluding carboxylic acids is 1. The molecule has 0 radical (unpaired) electrons. The van der Waals surface area contributed by atoms with Crippen LogP contribution >= 0.6 is 0 Å². The Hall–Kier alpha value is -2.63. The number of nitrogens with zero attached hydrogens (tertiary/aromatic N) is 3. The van der Waals surface area contributed by atoms with Gasteiger partial charge in [0.15, 0.2) is 17.3 Å². The minimum Gasteiger partial charge on any atom is -0.364 e. The second kappa shape index (κ2) is 6.21. The van der Waals surface area contributed by atoms with Gasteiger partial charge in [0.25, 0.3) is 5.91 Å². The molecule has 0 saturated carbocycles. The first-order chi connectivity index (χ1) is 10.0. The van der Waals surface area contributed by atoms with E-state index in [9.17, 15) is 4.79 Å². The minimum atomic E-state index is -0.602. The summed E-state index contributed by atoms with van der Waals surface area (Å²) in [6.07, 6.45) is 0. The van der Waals surface area contributed by atoms with E-state index < -0.39 is 5.91 Å². The average Bonchev–Trinajstić information content (AvgIpc) is 2.48. The van der Waals surface area contributed by atoms with Gasteiger partial charge in [-0.2, -0.15) is 0 Å². The van der Waals surface area contributed by atoms with Crippen LogP contribution < -0.4 is 16.0 Å². The van der Waals surface area contributed by atoms with Gasteiger partial charge >= 0.3 is 0 Å². The maximum Gasteiger partial charge on any atom is 0.271 e. The van der Waals surface area contributed by atoms with Crippen molar-refractivity contribution in [1.82, 2.24) is 9.97 Å². The molecule has 2 aromatic rings. The molecule has 0 bridgehead atoms. The van der Waals surface area contributed by atoms with Crippen molar-refractivity contribution in [3.8, 4) is 0 Å². The van der Waals surface area contributed by atoms with Gasteiger partial charge in [-0.15, -0.1) is 0 Å². The molecular weight excluding hydrogens is 266 g/mol. The number of amides is 1. The van der Waals surface area contributed by atoms with Gasteiger partial charge in [-0.05, 0) is 26.0 Å². The molecule has 0 aliphatic carbocycles. The molecule has 6 nitrogen and oxygen atoms in total. The zero-order valence-electron chi connectivity index (χ0n) is 12.4. The molecule has 1 aromatic heterocycles. The van der Waals surface area contributed by atoms with Crippen molar-refractivity contribution in [3.63, 3.8) is 0 Å². The first-order valence-corrected chi connectivity index (χ1v) is 6.74. The normalized spacial score (nSPS) is 10.2. The standard InChI is InChI=1S/C15H19N5O/c1-4-20(3)15-10(2)17-12(13(16)21)14(19-15)18-11-8-6-5-7-9-11/h5-9H,4H2,1-3H3,(H2,16,21)(H,18,19). The molecule has 0 fully saturated rings. The van der Waals surface area contributed by atoms with Crippen LogP contribution in [0, 0.1) is 6.92 Å². The van der Waals surface area contributed by atoms with Crippen molar-refractivity contribution >= 4 is 23.2 Å². The monoisotopic (exact) mass is 285 g/mol. The Labute approximate surface area is 124 Å². The zero-order valence-corrected chi connectivity index (χ0v) is 12.4. The Balaban J connectivity index is 2.48. The van der Waals surface area contributed by atoms with Gasteiger partial charge in [0.2, 0.25) is 0 Å². The lowest BCUT2D eigenvalue weighted by Gasteiger charge is -2.19. The van der Waals surface area contributed by atoms with Crippen molar-refractivity contribution in [2.24, 2.45) is 5.73 Å². The topological polar surface area (TPSA) is 84.1 Å². The van der Waals surface area contributed by atoms with Crippen LogP contribution in [0.2, 0.25) is 0 Å². The number of rotatable bonds is 5. The molecule has 1 amide bonds. The van der Waals surface area contributed by atoms with Crippen LogP contribution in [0.1, 0.15) is 23.1 Å². The number of para-hydroxylation sites is 1. The van der Waals surface area contributed by atoms with E-state index in [-0.39, 0.29) is 5.69 Å². The van der Waals surface area contributed by atoms with E-state index in [4.69, 9.17) is 5.73 Å². The van der Waals surface area contributed by atoms with Crippen molar-refractivity contribution in [1.29, 1.82) is 0 Å². The number of aromatic nitrogens is 2. The SMILES string of the molecule is CCN(C)c1nc(Nc2ccccc2)c(C(N)=O)nc1C. The van der Waals surface area contributed by atoms with Crippen LogP contribution in [-0.2, 0) is 0 Å². The predicted molar refractivity (Wildman–Crippen MR) is 84.0 cm³/mol. The van der Waals surface area contributed by atoms with E-state index in [0.717, 1.165) is 18.1 Å². The summed E-state index contributed by atoms with van der Waals surface area (Å²) < 4.78 is 0. The highest BCUT2D eigenvalue weighted by Crippen LogP contribution is 2.23. The van der Waals surface area contributed by atoms with E-state index in [1.807, 2.05) is 56.1 Å². The van der Waals surface area contributed by atoms with E-state index in [1.165, 1.54) is 0 Å². The van der Waals surface area contributed by atoms with Crippen LogP contribution in [0.5, 0.6) is 0 Å². The zero-order chi connectivity index (χ0) is 15.4. The second-order valence-electron chi connectivity index (χ2n) is 4.70. The summed E-state index contributed by atoms with van der Waals surface area (Å²) in [6.45, 7) is 4.62. The molecule has 0 atom stereocenters. The number of aryl methyl sites for hydroxylation is 1. The lowest BCUT2D eigenvalue weighted by atomic mass is 10.3. The average molecular weight is 285 g/mol. The van der Waals surface area contributed by atoms with Gasteiger partial charge in [0.1, 0.15) is 0 Å². The summed E-state index contributed by atoms with van der Waals surface area (Å²) in [5.74, 6) is 0.491. The maximum absolute atomic E-state index is 11.6. The Morgan fingerprint density at radius 3 is 2.52 bits per heavy atom. The molecule has 0 aliphatic rings. The molecule has 0 unspecified atom stereocenters. The number of nitrogens with two attached hydrogens (primary N) is 1. The van der Waals surface area contributed by atoms with Crippen molar-refractivity contribution in [2.45, 2.75) is 13.8 Å². The lowest BCUT2D eigenvalue weighted by Crippen LogP contribution is -2.23. The van der Waals surface area contributed by atoms with Gasteiger partial charge in [-0.1, -0.05) is 18.2 Å². The second-order valence-corrected chi connectivity index (χ2v) is 4.70. The summed E-state index contributed by atoms with van der Waals surface area (Å²) >= 11 is 0. The van der Waals surface area contributed by atoms with E-state index in [0.29, 0.717) is 11.5 Å². The van der Waals surface area contributed by atoms with Crippen LogP contribution in [0.25, 0.3) is 0 Å². The number of hydrogen-bond donors (Lipinski definition) is 2.